The number of rotatable bonds is 9. The standard InChI is InChI=1S/C15H30N4O/c1-7-16-13(3)10-12(2)15-14(20-6)11-17-19(15)9-8-18(4)5/h11-13,16H,7-10H2,1-6H3. The average molecular weight is 282 g/mol. The van der Waals surface area contributed by atoms with Gasteiger partial charge in [-0.2, -0.15) is 5.10 Å². The highest BCUT2D eigenvalue weighted by Gasteiger charge is 2.20. The van der Waals surface area contributed by atoms with Crippen LogP contribution < -0.4 is 10.1 Å². The van der Waals surface area contributed by atoms with Gasteiger partial charge < -0.3 is 15.0 Å². The third kappa shape index (κ3) is 4.80. The van der Waals surface area contributed by atoms with Gasteiger partial charge in [0.2, 0.25) is 0 Å². The summed E-state index contributed by atoms with van der Waals surface area (Å²) < 4.78 is 7.56. The summed E-state index contributed by atoms with van der Waals surface area (Å²) >= 11 is 0. The Morgan fingerprint density at radius 2 is 2.10 bits per heavy atom. The molecule has 1 rings (SSSR count). The maximum atomic E-state index is 5.48. The molecule has 0 saturated heterocycles. The number of hydrogen-bond donors (Lipinski definition) is 1. The second kappa shape index (κ2) is 8.27. The molecule has 0 bridgehead atoms. The fourth-order valence-corrected chi connectivity index (χ4v) is 2.58. The predicted molar refractivity (Wildman–Crippen MR) is 83.5 cm³/mol. The van der Waals surface area contributed by atoms with E-state index >= 15 is 0 Å². The van der Waals surface area contributed by atoms with Gasteiger partial charge in [0.25, 0.3) is 0 Å². The van der Waals surface area contributed by atoms with Gasteiger partial charge in [-0.05, 0) is 34.0 Å². The molecule has 1 N–H and O–H groups in total. The lowest BCUT2D eigenvalue weighted by atomic mass is 9.98. The molecule has 0 radical (unpaired) electrons. The summed E-state index contributed by atoms with van der Waals surface area (Å²) in [6, 6.07) is 0.497. The van der Waals surface area contributed by atoms with Gasteiger partial charge in [-0.25, -0.2) is 0 Å². The molecular formula is C15H30N4O. The topological polar surface area (TPSA) is 42.3 Å². The Labute approximate surface area is 123 Å². The van der Waals surface area contributed by atoms with Crippen molar-refractivity contribution in [1.29, 1.82) is 0 Å². The summed E-state index contributed by atoms with van der Waals surface area (Å²) in [5.74, 6) is 1.32. The molecule has 1 heterocycles. The SMILES string of the molecule is CCNC(C)CC(C)c1c(OC)cnn1CCN(C)C. The van der Waals surface area contributed by atoms with Crippen LogP contribution in [-0.2, 0) is 6.54 Å². The zero-order valence-electron chi connectivity index (χ0n) is 13.8. The van der Waals surface area contributed by atoms with Crippen molar-refractivity contribution in [3.63, 3.8) is 0 Å². The number of aromatic nitrogens is 2. The van der Waals surface area contributed by atoms with E-state index in [0.717, 1.165) is 31.8 Å². The van der Waals surface area contributed by atoms with Gasteiger partial charge in [-0.1, -0.05) is 13.8 Å². The lowest BCUT2D eigenvalue weighted by Gasteiger charge is -2.21. The summed E-state index contributed by atoms with van der Waals surface area (Å²) in [5.41, 5.74) is 1.21. The maximum Gasteiger partial charge on any atom is 0.160 e. The van der Waals surface area contributed by atoms with Crippen molar-refractivity contribution in [2.24, 2.45) is 0 Å². The Bertz CT molecular complexity index is 389. The van der Waals surface area contributed by atoms with Gasteiger partial charge in [0.1, 0.15) is 0 Å². The highest BCUT2D eigenvalue weighted by Crippen LogP contribution is 2.29. The molecule has 2 unspecified atom stereocenters. The summed E-state index contributed by atoms with van der Waals surface area (Å²) in [5, 5.41) is 7.94. The van der Waals surface area contributed by atoms with E-state index in [2.05, 4.69) is 54.9 Å². The van der Waals surface area contributed by atoms with Crippen LogP contribution >= 0.6 is 0 Å². The fraction of sp³-hybridized carbons (Fsp3) is 0.800. The zero-order valence-corrected chi connectivity index (χ0v) is 13.8. The molecule has 1 aromatic heterocycles. The van der Waals surface area contributed by atoms with Crippen molar-refractivity contribution in [2.45, 2.75) is 45.7 Å². The molecular weight excluding hydrogens is 252 g/mol. The summed E-state index contributed by atoms with van der Waals surface area (Å²) in [6.45, 7) is 9.50. The van der Waals surface area contributed by atoms with Gasteiger partial charge >= 0.3 is 0 Å². The molecule has 2 atom stereocenters. The monoisotopic (exact) mass is 282 g/mol. The Kier molecular flexibility index (Phi) is 7.02. The Morgan fingerprint density at radius 3 is 2.65 bits per heavy atom. The van der Waals surface area contributed by atoms with E-state index in [4.69, 9.17) is 4.74 Å². The number of likely N-dealkylation sites (N-methyl/N-ethyl adjacent to an activating group) is 1. The van der Waals surface area contributed by atoms with Gasteiger partial charge in [0, 0.05) is 18.5 Å². The largest absolute Gasteiger partial charge is 0.493 e. The first-order valence-electron chi connectivity index (χ1n) is 7.47. The summed E-state index contributed by atoms with van der Waals surface area (Å²) in [7, 11) is 5.88. The van der Waals surface area contributed by atoms with E-state index in [0.29, 0.717) is 12.0 Å². The molecule has 0 amide bonds. The van der Waals surface area contributed by atoms with Gasteiger partial charge in [0.05, 0.1) is 25.5 Å². The first kappa shape index (κ1) is 17.0. The lowest BCUT2D eigenvalue weighted by Crippen LogP contribution is -2.28. The molecule has 0 aliphatic heterocycles. The molecule has 20 heavy (non-hydrogen) atoms. The number of methoxy groups -OCH3 is 1. The minimum absolute atomic E-state index is 0.420. The molecule has 5 heteroatoms. The van der Waals surface area contributed by atoms with E-state index in [1.165, 1.54) is 5.69 Å². The number of hydrogen-bond acceptors (Lipinski definition) is 4. The third-order valence-corrected chi connectivity index (χ3v) is 3.55. The first-order valence-corrected chi connectivity index (χ1v) is 7.47. The third-order valence-electron chi connectivity index (χ3n) is 3.55. The summed E-state index contributed by atoms with van der Waals surface area (Å²) in [4.78, 5) is 2.17. The molecule has 5 nitrogen and oxygen atoms in total. The molecule has 1 aromatic rings. The van der Waals surface area contributed by atoms with Crippen molar-refractivity contribution in [3.05, 3.63) is 11.9 Å². The van der Waals surface area contributed by atoms with E-state index in [-0.39, 0.29) is 0 Å². The van der Waals surface area contributed by atoms with E-state index in [1.54, 1.807) is 7.11 Å². The lowest BCUT2D eigenvalue weighted by molar-refractivity contribution is 0.357. The average Bonchev–Trinajstić information content (AvgIpc) is 2.79. The van der Waals surface area contributed by atoms with E-state index in [1.807, 2.05) is 6.20 Å². The molecule has 116 valence electrons. The Hall–Kier alpha value is -1.07. The molecule has 0 saturated carbocycles. The molecule has 0 aromatic carbocycles. The van der Waals surface area contributed by atoms with Crippen LogP contribution in [0.3, 0.4) is 0 Å². The second-order valence-electron chi connectivity index (χ2n) is 5.72. The first-order chi connectivity index (χ1) is 9.49. The van der Waals surface area contributed by atoms with Crippen molar-refractivity contribution >= 4 is 0 Å². The smallest absolute Gasteiger partial charge is 0.160 e. The quantitative estimate of drug-likeness (QED) is 0.752. The van der Waals surface area contributed by atoms with Crippen molar-refractivity contribution in [1.82, 2.24) is 20.0 Å². The van der Waals surface area contributed by atoms with Crippen LogP contribution in [-0.4, -0.2) is 55.0 Å². The van der Waals surface area contributed by atoms with Crippen molar-refractivity contribution < 1.29 is 4.74 Å². The van der Waals surface area contributed by atoms with Crippen LogP contribution in [0.15, 0.2) is 6.20 Å². The van der Waals surface area contributed by atoms with Gasteiger partial charge in [0.15, 0.2) is 5.75 Å². The van der Waals surface area contributed by atoms with E-state index < -0.39 is 0 Å². The van der Waals surface area contributed by atoms with Gasteiger partial charge in [-0.15, -0.1) is 0 Å². The van der Waals surface area contributed by atoms with Crippen LogP contribution in [0.2, 0.25) is 0 Å². The highest BCUT2D eigenvalue weighted by atomic mass is 16.5. The zero-order chi connectivity index (χ0) is 15.1. The van der Waals surface area contributed by atoms with Crippen LogP contribution in [0, 0.1) is 0 Å². The Balaban J connectivity index is 2.81. The van der Waals surface area contributed by atoms with Crippen LogP contribution in [0.1, 0.15) is 38.8 Å². The van der Waals surface area contributed by atoms with Crippen LogP contribution in [0.25, 0.3) is 0 Å². The van der Waals surface area contributed by atoms with Gasteiger partial charge in [-0.3, -0.25) is 4.68 Å². The van der Waals surface area contributed by atoms with Crippen LogP contribution in [0.5, 0.6) is 5.75 Å². The Morgan fingerprint density at radius 1 is 1.40 bits per heavy atom. The molecule has 0 fully saturated rings. The molecule has 0 spiro atoms. The highest BCUT2D eigenvalue weighted by molar-refractivity contribution is 5.28. The summed E-state index contributed by atoms with van der Waals surface area (Å²) in [6.07, 6.45) is 2.91. The molecule has 0 aliphatic rings. The van der Waals surface area contributed by atoms with Crippen LogP contribution in [0.4, 0.5) is 0 Å². The second-order valence-corrected chi connectivity index (χ2v) is 5.72. The minimum Gasteiger partial charge on any atom is -0.493 e. The number of ether oxygens (including phenoxy) is 1. The minimum atomic E-state index is 0.420. The maximum absolute atomic E-state index is 5.48. The fourth-order valence-electron chi connectivity index (χ4n) is 2.58. The molecule has 0 aliphatic carbocycles. The van der Waals surface area contributed by atoms with Crippen molar-refractivity contribution in [2.75, 3.05) is 34.3 Å². The van der Waals surface area contributed by atoms with E-state index in [9.17, 15) is 0 Å². The number of nitrogens with zero attached hydrogens (tertiary/aromatic N) is 3. The number of nitrogens with one attached hydrogen (secondary N) is 1. The van der Waals surface area contributed by atoms with Crippen molar-refractivity contribution in [3.8, 4) is 5.75 Å². The normalized spacial score (nSPS) is 14.6. The predicted octanol–water partition coefficient (Wildman–Crippen LogP) is 1.94.